The summed E-state index contributed by atoms with van der Waals surface area (Å²) >= 11 is 0. The molecule has 3 amide bonds. The largest absolute Gasteiger partial charge is 0.350 e. The van der Waals surface area contributed by atoms with Crippen LogP contribution in [0.4, 0.5) is 17.1 Å². The molecule has 1 aliphatic rings. The lowest BCUT2D eigenvalue weighted by molar-refractivity contribution is -0.120. The molecule has 1 aliphatic heterocycles. The van der Waals surface area contributed by atoms with Crippen molar-refractivity contribution in [2.24, 2.45) is 0 Å². The molecule has 0 spiro atoms. The summed E-state index contributed by atoms with van der Waals surface area (Å²) in [4.78, 5) is 39.9. The molecule has 0 aromatic heterocycles. The smallest absolute Gasteiger partial charge is 0.282 e. The van der Waals surface area contributed by atoms with Crippen LogP contribution in [0.25, 0.3) is 5.57 Å². The number of hydrogen-bond donors (Lipinski definition) is 2. The van der Waals surface area contributed by atoms with Crippen LogP contribution in [0.5, 0.6) is 0 Å². The van der Waals surface area contributed by atoms with Gasteiger partial charge in [0.05, 0.1) is 11.3 Å². The third-order valence-electron chi connectivity index (χ3n) is 5.53. The molecule has 0 radical (unpaired) electrons. The molecular weight excluding hydrogens is 426 g/mol. The Balaban J connectivity index is 1.82. The van der Waals surface area contributed by atoms with Crippen LogP contribution < -0.4 is 15.5 Å². The third kappa shape index (κ3) is 4.62. The molecule has 0 saturated heterocycles. The van der Waals surface area contributed by atoms with Gasteiger partial charge in [0, 0.05) is 18.3 Å². The van der Waals surface area contributed by atoms with E-state index in [4.69, 9.17) is 0 Å². The topological polar surface area (TPSA) is 78.5 Å². The Bertz CT molecular complexity index is 1310. The number of rotatable bonds is 5. The van der Waals surface area contributed by atoms with Crippen molar-refractivity contribution < 1.29 is 14.4 Å². The number of carbonyl (C=O) groups excluding carboxylic acids is 3. The monoisotopic (exact) mass is 453 g/mol. The quantitative estimate of drug-likeness (QED) is 0.516. The summed E-state index contributed by atoms with van der Waals surface area (Å²) in [5.74, 6) is -0.985. The van der Waals surface area contributed by atoms with Gasteiger partial charge >= 0.3 is 0 Å². The number of carbonyl (C=O) groups is 3. The highest BCUT2D eigenvalue weighted by Gasteiger charge is 2.40. The minimum atomic E-state index is -0.407. The van der Waals surface area contributed by atoms with Gasteiger partial charge in [0.15, 0.2) is 0 Å². The van der Waals surface area contributed by atoms with Crippen molar-refractivity contribution in [2.75, 3.05) is 15.5 Å². The van der Waals surface area contributed by atoms with E-state index in [1.165, 1.54) is 11.8 Å². The van der Waals surface area contributed by atoms with E-state index >= 15 is 0 Å². The standard InChI is InChI=1S/C28H27N3O3/c1-16-10-17(2)13-23(12-16)30-26-25(21-6-8-22(9-7-21)29-20(5)32)27(33)31(28(26)34)24-14-18(3)11-19(4)15-24/h6-15,30H,1-5H3,(H,29,32). The summed E-state index contributed by atoms with van der Waals surface area (Å²) in [6.45, 7) is 9.27. The van der Waals surface area contributed by atoms with Gasteiger partial charge < -0.3 is 10.6 Å². The molecular formula is C28H27N3O3. The molecule has 0 fully saturated rings. The van der Waals surface area contributed by atoms with E-state index in [1.54, 1.807) is 24.3 Å². The summed E-state index contributed by atoms with van der Waals surface area (Å²) in [5, 5.41) is 5.95. The summed E-state index contributed by atoms with van der Waals surface area (Å²) in [7, 11) is 0. The minimum Gasteiger partial charge on any atom is -0.350 e. The molecule has 0 saturated carbocycles. The summed E-state index contributed by atoms with van der Waals surface area (Å²) in [5.41, 5.74) is 7.02. The normalized spacial score (nSPS) is 13.5. The van der Waals surface area contributed by atoms with Crippen molar-refractivity contribution in [3.8, 4) is 0 Å². The van der Waals surface area contributed by atoms with Crippen molar-refractivity contribution in [3.05, 3.63) is 94.2 Å². The molecule has 0 unspecified atom stereocenters. The summed E-state index contributed by atoms with van der Waals surface area (Å²) in [6.07, 6.45) is 0. The molecule has 0 atom stereocenters. The Kier molecular flexibility index (Phi) is 6.07. The first-order valence-corrected chi connectivity index (χ1v) is 11.1. The van der Waals surface area contributed by atoms with Gasteiger partial charge in [0.2, 0.25) is 5.91 Å². The Morgan fingerprint density at radius 1 is 0.706 bits per heavy atom. The average Bonchev–Trinajstić information content (AvgIpc) is 2.96. The molecule has 6 nitrogen and oxygen atoms in total. The van der Waals surface area contributed by atoms with Gasteiger partial charge in [0.25, 0.3) is 11.8 Å². The van der Waals surface area contributed by atoms with Crippen molar-refractivity contribution in [1.29, 1.82) is 0 Å². The number of anilines is 3. The van der Waals surface area contributed by atoms with E-state index in [-0.39, 0.29) is 17.2 Å². The lowest BCUT2D eigenvalue weighted by atomic mass is 10.0. The second kappa shape index (κ2) is 8.98. The maximum absolute atomic E-state index is 13.7. The van der Waals surface area contributed by atoms with Crippen LogP contribution in [0, 0.1) is 27.7 Å². The van der Waals surface area contributed by atoms with Gasteiger partial charge in [-0.05, 0) is 91.9 Å². The van der Waals surface area contributed by atoms with Gasteiger partial charge in [-0.25, -0.2) is 4.90 Å². The summed E-state index contributed by atoms with van der Waals surface area (Å²) < 4.78 is 0. The van der Waals surface area contributed by atoms with Gasteiger partial charge in [-0.3, -0.25) is 14.4 Å². The fraction of sp³-hybridized carbons (Fsp3) is 0.179. The van der Waals surface area contributed by atoms with Crippen molar-refractivity contribution in [3.63, 3.8) is 0 Å². The van der Waals surface area contributed by atoms with E-state index in [0.29, 0.717) is 16.9 Å². The zero-order valence-corrected chi connectivity index (χ0v) is 19.9. The Morgan fingerprint density at radius 3 is 1.76 bits per heavy atom. The molecule has 0 bridgehead atoms. The fourth-order valence-corrected chi connectivity index (χ4v) is 4.34. The molecule has 1 heterocycles. The average molecular weight is 454 g/mol. The van der Waals surface area contributed by atoms with E-state index in [1.807, 2.05) is 64.1 Å². The van der Waals surface area contributed by atoms with Gasteiger partial charge in [-0.15, -0.1) is 0 Å². The molecule has 3 aromatic carbocycles. The Hall–Kier alpha value is -4.19. The van der Waals surface area contributed by atoms with Crippen molar-refractivity contribution in [2.45, 2.75) is 34.6 Å². The van der Waals surface area contributed by atoms with Crippen molar-refractivity contribution >= 4 is 40.4 Å². The Labute approximate surface area is 199 Å². The number of benzene rings is 3. The highest BCUT2D eigenvalue weighted by atomic mass is 16.2. The number of aryl methyl sites for hydroxylation is 4. The minimum absolute atomic E-state index is 0.183. The number of nitrogens with one attached hydrogen (secondary N) is 2. The maximum Gasteiger partial charge on any atom is 0.282 e. The fourth-order valence-electron chi connectivity index (χ4n) is 4.34. The van der Waals surface area contributed by atoms with Gasteiger partial charge in [-0.2, -0.15) is 0 Å². The third-order valence-corrected chi connectivity index (χ3v) is 5.53. The predicted octanol–water partition coefficient (Wildman–Crippen LogP) is 5.28. The molecule has 2 N–H and O–H groups in total. The second-order valence-electron chi connectivity index (χ2n) is 8.80. The van der Waals surface area contributed by atoms with E-state index in [0.717, 1.165) is 27.9 Å². The first-order valence-electron chi connectivity index (χ1n) is 11.1. The lowest BCUT2D eigenvalue weighted by Crippen LogP contribution is -2.32. The van der Waals surface area contributed by atoms with E-state index in [2.05, 4.69) is 10.6 Å². The van der Waals surface area contributed by atoms with Crippen LogP contribution in [-0.4, -0.2) is 17.7 Å². The first kappa shape index (κ1) is 23.0. The van der Waals surface area contributed by atoms with Crippen LogP contribution in [0.15, 0.2) is 66.4 Å². The number of hydrogen-bond acceptors (Lipinski definition) is 4. The number of nitrogens with zero attached hydrogens (tertiary/aromatic N) is 1. The number of amides is 3. The summed E-state index contributed by atoms with van der Waals surface area (Å²) in [6, 6.07) is 18.5. The van der Waals surface area contributed by atoms with E-state index in [9.17, 15) is 14.4 Å². The first-order chi connectivity index (χ1) is 16.1. The lowest BCUT2D eigenvalue weighted by Gasteiger charge is -2.17. The molecule has 34 heavy (non-hydrogen) atoms. The zero-order valence-electron chi connectivity index (χ0n) is 19.9. The Morgan fingerprint density at radius 2 is 1.24 bits per heavy atom. The SMILES string of the molecule is CC(=O)Nc1ccc(C2=C(Nc3cc(C)cc(C)c3)C(=O)N(c3cc(C)cc(C)c3)C2=O)cc1. The van der Waals surface area contributed by atoms with Crippen LogP contribution in [0.1, 0.15) is 34.7 Å². The zero-order chi connectivity index (χ0) is 24.6. The molecule has 3 aromatic rings. The van der Waals surface area contributed by atoms with Crippen LogP contribution in [-0.2, 0) is 14.4 Å². The van der Waals surface area contributed by atoms with Gasteiger partial charge in [0.1, 0.15) is 5.70 Å². The molecule has 4 rings (SSSR count). The highest BCUT2D eigenvalue weighted by Crippen LogP contribution is 2.35. The molecule has 0 aliphatic carbocycles. The molecule has 6 heteroatoms. The van der Waals surface area contributed by atoms with Crippen LogP contribution in [0.3, 0.4) is 0 Å². The second-order valence-corrected chi connectivity index (χ2v) is 8.80. The number of imide groups is 1. The maximum atomic E-state index is 13.7. The van der Waals surface area contributed by atoms with Gasteiger partial charge in [-0.1, -0.05) is 24.3 Å². The highest BCUT2D eigenvalue weighted by molar-refractivity contribution is 6.46. The van der Waals surface area contributed by atoms with E-state index < -0.39 is 11.8 Å². The predicted molar refractivity (Wildman–Crippen MR) is 136 cm³/mol. The van der Waals surface area contributed by atoms with Crippen LogP contribution >= 0.6 is 0 Å². The van der Waals surface area contributed by atoms with Crippen molar-refractivity contribution in [1.82, 2.24) is 0 Å². The molecule has 172 valence electrons. The van der Waals surface area contributed by atoms with Crippen LogP contribution in [0.2, 0.25) is 0 Å².